The number of nitrogens with zero attached hydrogens (tertiary/aromatic N) is 7. The molecule has 0 amide bonds. The van der Waals surface area contributed by atoms with Crippen LogP contribution in [0.3, 0.4) is 0 Å². The Labute approximate surface area is 195 Å². The normalized spacial score (nSPS) is 10.3. The van der Waals surface area contributed by atoms with E-state index in [9.17, 15) is 19.2 Å². The highest BCUT2D eigenvalue weighted by Gasteiger charge is 2.13. The SMILES string of the molecule is C=CCBr.C=CCn1cnc2c1c(=O)n(C)c(=O)n2C.Cn1c(=O)c2[nH]cnc2n(C)c1=O. The van der Waals surface area contributed by atoms with Crippen molar-refractivity contribution in [2.75, 3.05) is 5.33 Å². The lowest BCUT2D eigenvalue weighted by Crippen LogP contribution is -2.37. The molecule has 0 saturated heterocycles. The van der Waals surface area contributed by atoms with Gasteiger partial charge in [0.2, 0.25) is 0 Å². The molecule has 4 heterocycles. The molecule has 0 unspecified atom stereocenters. The van der Waals surface area contributed by atoms with Crippen molar-refractivity contribution in [3.05, 3.63) is 79.6 Å². The highest BCUT2D eigenvalue weighted by Crippen LogP contribution is 2.04. The minimum Gasteiger partial charge on any atom is -0.339 e. The van der Waals surface area contributed by atoms with Crippen LogP contribution in [0.2, 0.25) is 0 Å². The van der Waals surface area contributed by atoms with Crippen molar-refractivity contribution >= 4 is 38.3 Å². The zero-order valence-corrected chi connectivity index (χ0v) is 20.4. The van der Waals surface area contributed by atoms with E-state index < -0.39 is 0 Å². The number of aromatic nitrogens is 8. The Kier molecular flexibility index (Phi) is 8.29. The van der Waals surface area contributed by atoms with Gasteiger partial charge in [-0.1, -0.05) is 28.1 Å². The van der Waals surface area contributed by atoms with E-state index in [1.165, 1.54) is 35.9 Å². The number of allylic oxidation sites excluding steroid dienone is 2. The average Bonchev–Trinajstić information content (AvgIpc) is 3.47. The molecule has 0 aliphatic carbocycles. The predicted molar refractivity (Wildman–Crippen MR) is 131 cm³/mol. The number of rotatable bonds is 3. The van der Waals surface area contributed by atoms with E-state index in [4.69, 9.17) is 0 Å². The number of hydrogen-bond donors (Lipinski definition) is 1. The predicted octanol–water partition coefficient (Wildman–Crippen LogP) is 0.147. The molecular weight excluding hydrogens is 496 g/mol. The number of aromatic amines is 1. The maximum atomic E-state index is 11.9. The molecule has 0 aliphatic rings. The molecule has 0 radical (unpaired) electrons. The topological polar surface area (TPSA) is 134 Å². The molecule has 4 rings (SSSR count). The Morgan fingerprint density at radius 1 is 0.879 bits per heavy atom. The van der Waals surface area contributed by atoms with Gasteiger partial charge in [-0.3, -0.25) is 27.9 Å². The van der Waals surface area contributed by atoms with E-state index in [0.29, 0.717) is 28.9 Å². The summed E-state index contributed by atoms with van der Waals surface area (Å²) in [4.78, 5) is 57.0. The largest absolute Gasteiger partial charge is 0.339 e. The molecule has 13 heteroatoms. The minimum absolute atomic E-state index is 0.336. The molecule has 0 aliphatic heterocycles. The quantitative estimate of drug-likeness (QED) is 0.301. The van der Waals surface area contributed by atoms with Crippen molar-refractivity contribution < 1.29 is 0 Å². The average molecular weight is 521 g/mol. The Balaban J connectivity index is 0.000000204. The van der Waals surface area contributed by atoms with Crippen LogP contribution in [0, 0.1) is 0 Å². The van der Waals surface area contributed by atoms with Crippen molar-refractivity contribution in [3.8, 4) is 0 Å². The maximum Gasteiger partial charge on any atom is 0.332 e. The van der Waals surface area contributed by atoms with E-state index in [-0.39, 0.29) is 22.5 Å². The molecule has 176 valence electrons. The summed E-state index contributed by atoms with van der Waals surface area (Å²) in [6, 6.07) is 0. The first-order chi connectivity index (χ1) is 15.6. The second kappa shape index (κ2) is 10.7. The fourth-order valence-electron chi connectivity index (χ4n) is 2.94. The van der Waals surface area contributed by atoms with Gasteiger partial charge in [0.1, 0.15) is 5.52 Å². The Morgan fingerprint density at radius 3 is 1.97 bits per heavy atom. The summed E-state index contributed by atoms with van der Waals surface area (Å²) in [6.07, 6.45) is 6.39. The van der Waals surface area contributed by atoms with Crippen molar-refractivity contribution in [1.82, 2.24) is 37.8 Å². The first-order valence-electron chi connectivity index (χ1n) is 9.59. The van der Waals surface area contributed by atoms with Crippen molar-refractivity contribution in [3.63, 3.8) is 0 Å². The summed E-state index contributed by atoms with van der Waals surface area (Å²) >= 11 is 3.13. The van der Waals surface area contributed by atoms with Gasteiger partial charge in [-0.15, -0.1) is 13.2 Å². The molecule has 0 atom stereocenters. The molecule has 0 bridgehead atoms. The van der Waals surface area contributed by atoms with Gasteiger partial charge >= 0.3 is 11.4 Å². The van der Waals surface area contributed by atoms with Crippen molar-refractivity contribution in [1.29, 1.82) is 0 Å². The highest BCUT2D eigenvalue weighted by atomic mass is 79.9. The van der Waals surface area contributed by atoms with Crippen LogP contribution in [0.15, 0.2) is 57.1 Å². The number of imidazole rings is 2. The minimum atomic E-state index is -0.374. The van der Waals surface area contributed by atoms with Crippen LogP contribution in [0.25, 0.3) is 22.3 Å². The van der Waals surface area contributed by atoms with Gasteiger partial charge in [0, 0.05) is 40.1 Å². The number of aryl methyl sites for hydroxylation is 2. The highest BCUT2D eigenvalue weighted by molar-refractivity contribution is 9.09. The summed E-state index contributed by atoms with van der Waals surface area (Å²) in [5, 5.41) is 0.896. The summed E-state index contributed by atoms with van der Waals surface area (Å²) in [6.45, 7) is 7.53. The molecule has 0 fully saturated rings. The molecule has 1 N–H and O–H groups in total. The van der Waals surface area contributed by atoms with Crippen LogP contribution in [0.1, 0.15) is 0 Å². The molecule has 0 aromatic carbocycles. The number of fused-ring (bicyclic) bond motifs is 2. The zero-order chi connectivity index (χ0) is 24.9. The van der Waals surface area contributed by atoms with E-state index in [2.05, 4.69) is 44.0 Å². The number of nitrogens with one attached hydrogen (secondary N) is 1. The fraction of sp³-hybridized carbons (Fsp3) is 0.300. The van der Waals surface area contributed by atoms with E-state index in [0.717, 1.165) is 14.5 Å². The standard InChI is InChI=1S/C10H12N4O2.C7H8N4O2.C3H5Br/c1-4-5-14-6-11-8-7(14)9(15)13(3)10(16)12(8)2;1-10-5-4(8-3-9-5)6(12)11(2)7(10)13;1-2-3-4/h4,6H,1,5H2,2-3H3;3H,1-2H3,(H,8,9);2H,1,3H2. The molecular formula is C20H25BrN8O4. The number of halogens is 1. The fourth-order valence-corrected chi connectivity index (χ4v) is 2.94. The third-order valence-electron chi connectivity index (χ3n) is 4.68. The summed E-state index contributed by atoms with van der Waals surface area (Å²) in [5.74, 6) is 0. The zero-order valence-electron chi connectivity index (χ0n) is 18.8. The van der Waals surface area contributed by atoms with E-state index in [1.54, 1.807) is 30.8 Å². The second-order valence-electron chi connectivity index (χ2n) is 6.81. The van der Waals surface area contributed by atoms with Gasteiger partial charge in [0.15, 0.2) is 16.8 Å². The van der Waals surface area contributed by atoms with Crippen LogP contribution in [-0.2, 0) is 34.7 Å². The number of H-pyrrole nitrogens is 1. The lowest BCUT2D eigenvalue weighted by atomic mass is 10.5. The van der Waals surface area contributed by atoms with Gasteiger partial charge in [-0.25, -0.2) is 19.6 Å². The summed E-state index contributed by atoms with van der Waals surface area (Å²) in [7, 11) is 6.06. The molecule has 0 spiro atoms. The van der Waals surface area contributed by atoms with Gasteiger partial charge < -0.3 is 9.55 Å². The third kappa shape index (κ3) is 4.87. The van der Waals surface area contributed by atoms with Crippen molar-refractivity contribution in [2.45, 2.75) is 6.54 Å². The molecule has 4 aromatic heterocycles. The number of hydrogen-bond acceptors (Lipinski definition) is 6. The van der Waals surface area contributed by atoms with Crippen LogP contribution in [-0.4, -0.2) is 43.1 Å². The maximum absolute atomic E-state index is 11.9. The Morgan fingerprint density at radius 2 is 1.42 bits per heavy atom. The monoisotopic (exact) mass is 520 g/mol. The smallest absolute Gasteiger partial charge is 0.332 e. The Hall–Kier alpha value is -3.74. The first-order valence-corrected chi connectivity index (χ1v) is 10.7. The van der Waals surface area contributed by atoms with Gasteiger partial charge in [0.25, 0.3) is 11.1 Å². The van der Waals surface area contributed by atoms with Crippen LogP contribution in [0.4, 0.5) is 0 Å². The lowest BCUT2D eigenvalue weighted by molar-refractivity contribution is 0.703. The van der Waals surface area contributed by atoms with Gasteiger partial charge in [0.05, 0.1) is 12.7 Å². The van der Waals surface area contributed by atoms with Crippen LogP contribution < -0.4 is 22.5 Å². The molecule has 0 saturated carbocycles. The molecule has 33 heavy (non-hydrogen) atoms. The first kappa shape index (κ1) is 25.5. The van der Waals surface area contributed by atoms with Crippen molar-refractivity contribution in [2.24, 2.45) is 28.2 Å². The number of alkyl halides is 1. The van der Waals surface area contributed by atoms with E-state index in [1.807, 2.05) is 0 Å². The van der Waals surface area contributed by atoms with Gasteiger partial charge in [-0.2, -0.15) is 0 Å². The lowest BCUT2D eigenvalue weighted by Gasteiger charge is -2.04. The second-order valence-corrected chi connectivity index (χ2v) is 7.46. The summed E-state index contributed by atoms with van der Waals surface area (Å²) < 4.78 is 6.47. The molecule has 12 nitrogen and oxygen atoms in total. The van der Waals surface area contributed by atoms with Crippen LogP contribution in [0.5, 0.6) is 0 Å². The van der Waals surface area contributed by atoms with E-state index >= 15 is 0 Å². The molecule has 4 aromatic rings. The Bertz CT molecular complexity index is 1550. The third-order valence-corrected chi connectivity index (χ3v) is 5.14. The van der Waals surface area contributed by atoms with Crippen LogP contribution >= 0.6 is 15.9 Å². The van der Waals surface area contributed by atoms with Gasteiger partial charge in [-0.05, 0) is 0 Å². The summed E-state index contributed by atoms with van der Waals surface area (Å²) in [5.41, 5.74) is 0.121.